The molecule has 1 aliphatic heterocycles. The van der Waals surface area contributed by atoms with Crippen LogP contribution in [0.4, 0.5) is 0 Å². The molecule has 0 aromatic rings. The summed E-state index contributed by atoms with van der Waals surface area (Å²) < 4.78 is 5.16. The Bertz CT molecular complexity index is 127. The first-order valence-electron chi connectivity index (χ1n) is 3.03. The fourth-order valence-corrected chi connectivity index (χ4v) is 1.13. The Kier molecular flexibility index (Phi) is 1.83. The van der Waals surface area contributed by atoms with E-state index in [1.54, 1.807) is 0 Å². The van der Waals surface area contributed by atoms with Gasteiger partial charge in [0.25, 0.3) is 0 Å². The number of hydrogen-bond acceptors (Lipinski definition) is 1. The van der Waals surface area contributed by atoms with Crippen molar-refractivity contribution in [2.45, 2.75) is 18.9 Å². The molecule has 0 aromatic heterocycles. The minimum Gasteiger partial charge on any atom is -0.368 e. The van der Waals surface area contributed by atoms with Gasteiger partial charge in [0.15, 0.2) is 0 Å². The van der Waals surface area contributed by atoms with Crippen molar-refractivity contribution in [2.24, 2.45) is 0 Å². The van der Waals surface area contributed by atoms with Crippen LogP contribution in [-0.2, 0) is 4.74 Å². The normalized spacial score (nSPS) is 32.2. The third-order valence-electron chi connectivity index (χ3n) is 1.42. The Labute approximate surface area is 60.7 Å². The van der Waals surface area contributed by atoms with Crippen molar-refractivity contribution in [3.8, 4) is 0 Å². The zero-order valence-electron chi connectivity index (χ0n) is 5.61. The van der Waals surface area contributed by atoms with Crippen LogP contribution >= 0.6 is 11.6 Å². The van der Waals surface area contributed by atoms with Gasteiger partial charge in [-0.25, -0.2) is 0 Å². The van der Waals surface area contributed by atoms with Gasteiger partial charge in [0.2, 0.25) is 0 Å². The predicted molar refractivity (Wildman–Crippen MR) is 38.8 cm³/mol. The molecule has 1 nitrogen and oxygen atoms in total. The maximum Gasteiger partial charge on any atom is 0.109 e. The van der Waals surface area contributed by atoms with Crippen molar-refractivity contribution in [2.75, 3.05) is 12.5 Å². The fraction of sp³-hybridized carbons (Fsp3) is 0.714. The summed E-state index contributed by atoms with van der Waals surface area (Å²) in [7, 11) is 0. The predicted octanol–water partition coefficient (Wildman–Crippen LogP) is 1.96. The highest BCUT2D eigenvalue weighted by Crippen LogP contribution is 2.34. The van der Waals surface area contributed by atoms with Gasteiger partial charge < -0.3 is 4.74 Å². The number of rotatable bonds is 3. The molecule has 9 heavy (non-hydrogen) atoms. The Morgan fingerprint density at radius 3 is 2.56 bits per heavy atom. The number of ether oxygens (including phenoxy) is 1. The second-order valence-corrected chi connectivity index (χ2v) is 3.01. The molecule has 1 atom stereocenters. The molecule has 1 fully saturated rings. The molecule has 52 valence electrons. The molecule has 1 rings (SSSR count). The highest BCUT2D eigenvalue weighted by Gasteiger charge is 2.43. The molecule has 2 heteroatoms. The Hall–Kier alpha value is -0.0100. The molecule has 0 spiro atoms. The maximum atomic E-state index is 5.63. The molecular weight excluding hydrogens is 136 g/mol. The lowest BCUT2D eigenvalue weighted by atomic mass is 10.1. The van der Waals surface area contributed by atoms with Crippen LogP contribution in [0, 0.1) is 0 Å². The summed E-state index contributed by atoms with van der Waals surface area (Å²) in [6, 6.07) is 0. The van der Waals surface area contributed by atoms with Gasteiger partial charge in [-0.2, -0.15) is 0 Å². The molecule has 1 heterocycles. The molecule has 0 aromatic carbocycles. The van der Waals surface area contributed by atoms with Gasteiger partial charge in [0, 0.05) is 6.42 Å². The smallest absolute Gasteiger partial charge is 0.109 e. The van der Waals surface area contributed by atoms with Gasteiger partial charge in [-0.3, -0.25) is 0 Å². The van der Waals surface area contributed by atoms with Crippen LogP contribution in [0.5, 0.6) is 0 Å². The average Bonchev–Trinajstić information content (AvgIpc) is 2.48. The summed E-state index contributed by atoms with van der Waals surface area (Å²) >= 11 is 5.63. The van der Waals surface area contributed by atoms with E-state index in [0.717, 1.165) is 18.6 Å². The lowest BCUT2D eigenvalue weighted by molar-refractivity contribution is 0.325. The molecule has 0 radical (unpaired) electrons. The summed E-state index contributed by atoms with van der Waals surface area (Å²) in [6.45, 7) is 6.59. The largest absolute Gasteiger partial charge is 0.368 e. The highest BCUT2D eigenvalue weighted by atomic mass is 35.5. The van der Waals surface area contributed by atoms with E-state index in [1.165, 1.54) is 0 Å². The number of alkyl halides is 1. The molecule has 1 saturated heterocycles. The minimum atomic E-state index is -0.0204. The first-order chi connectivity index (χ1) is 4.18. The van der Waals surface area contributed by atoms with E-state index in [1.807, 2.05) is 6.92 Å². The van der Waals surface area contributed by atoms with Crippen molar-refractivity contribution in [3.63, 3.8) is 0 Å². The van der Waals surface area contributed by atoms with Crippen molar-refractivity contribution in [3.05, 3.63) is 12.2 Å². The van der Waals surface area contributed by atoms with Crippen molar-refractivity contribution in [1.82, 2.24) is 0 Å². The van der Waals surface area contributed by atoms with Crippen molar-refractivity contribution in [1.29, 1.82) is 0 Å². The van der Waals surface area contributed by atoms with Crippen LogP contribution in [0.2, 0.25) is 0 Å². The topological polar surface area (TPSA) is 12.5 Å². The number of hydrogen-bond donors (Lipinski definition) is 0. The van der Waals surface area contributed by atoms with Gasteiger partial charge >= 0.3 is 0 Å². The first kappa shape index (κ1) is 7.10. The van der Waals surface area contributed by atoms with E-state index in [-0.39, 0.29) is 5.60 Å². The highest BCUT2D eigenvalue weighted by molar-refractivity contribution is 6.18. The van der Waals surface area contributed by atoms with Crippen LogP contribution in [0.1, 0.15) is 13.3 Å². The van der Waals surface area contributed by atoms with E-state index >= 15 is 0 Å². The monoisotopic (exact) mass is 146 g/mol. The Balaban J connectivity index is 2.33. The maximum absolute atomic E-state index is 5.63. The van der Waals surface area contributed by atoms with Crippen LogP contribution < -0.4 is 0 Å². The molecule has 0 amide bonds. The summed E-state index contributed by atoms with van der Waals surface area (Å²) in [4.78, 5) is 0. The zero-order valence-corrected chi connectivity index (χ0v) is 6.37. The van der Waals surface area contributed by atoms with Gasteiger partial charge in [-0.05, 0) is 6.92 Å². The van der Waals surface area contributed by atoms with E-state index in [4.69, 9.17) is 16.3 Å². The standard InChI is InChI=1S/C7H11ClO/c1-6(2)3-7(4-8)5-9-7/h1,3-5H2,2H3. The van der Waals surface area contributed by atoms with Gasteiger partial charge in [0.05, 0.1) is 12.5 Å². The van der Waals surface area contributed by atoms with Crippen LogP contribution in [0.15, 0.2) is 12.2 Å². The van der Waals surface area contributed by atoms with Crippen LogP contribution in [0.25, 0.3) is 0 Å². The second kappa shape index (κ2) is 2.31. The third kappa shape index (κ3) is 1.70. The zero-order chi connectivity index (χ0) is 6.91. The minimum absolute atomic E-state index is 0.0204. The third-order valence-corrected chi connectivity index (χ3v) is 1.91. The van der Waals surface area contributed by atoms with E-state index in [9.17, 15) is 0 Å². The molecular formula is C7H11ClO. The number of epoxide rings is 1. The first-order valence-corrected chi connectivity index (χ1v) is 3.56. The van der Waals surface area contributed by atoms with Gasteiger partial charge in [0.1, 0.15) is 5.60 Å². The van der Waals surface area contributed by atoms with Crippen LogP contribution in [-0.4, -0.2) is 18.1 Å². The summed E-state index contributed by atoms with van der Waals surface area (Å²) in [5.41, 5.74) is 1.13. The van der Waals surface area contributed by atoms with E-state index in [2.05, 4.69) is 6.58 Å². The van der Waals surface area contributed by atoms with Gasteiger partial charge in [-0.1, -0.05) is 5.57 Å². The quantitative estimate of drug-likeness (QED) is 0.337. The molecule has 0 saturated carbocycles. The van der Waals surface area contributed by atoms with E-state index in [0.29, 0.717) is 5.88 Å². The van der Waals surface area contributed by atoms with E-state index < -0.39 is 0 Å². The summed E-state index contributed by atoms with van der Waals surface area (Å²) in [5.74, 6) is 0.597. The second-order valence-electron chi connectivity index (χ2n) is 2.74. The Morgan fingerprint density at radius 2 is 2.44 bits per heavy atom. The van der Waals surface area contributed by atoms with Gasteiger partial charge in [-0.15, -0.1) is 18.2 Å². The lowest BCUT2D eigenvalue weighted by Crippen LogP contribution is -2.12. The van der Waals surface area contributed by atoms with Crippen molar-refractivity contribution < 1.29 is 4.74 Å². The van der Waals surface area contributed by atoms with Crippen LogP contribution in [0.3, 0.4) is 0 Å². The Morgan fingerprint density at radius 1 is 1.89 bits per heavy atom. The molecule has 0 bridgehead atoms. The fourth-order valence-electron chi connectivity index (χ4n) is 0.878. The lowest BCUT2D eigenvalue weighted by Gasteiger charge is -2.04. The molecule has 0 N–H and O–H groups in total. The number of halogens is 1. The molecule has 1 aliphatic rings. The summed E-state index contributed by atoms with van der Waals surface area (Å²) in [6.07, 6.45) is 0.913. The van der Waals surface area contributed by atoms with Crippen molar-refractivity contribution >= 4 is 11.6 Å². The summed E-state index contributed by atoms with van der Waals surface area (Å²) in [5, 5.41) is 0. The molecule has 1 unspecified atom stereocenters. The SMILES string of the molecule is C=C(C)CC1(CCl)CO1. The molecule has 0 aliphatic carbocycles. The average molecular weight is 147 g/mol.